The molecule has 3 aromatic heterocycles. The van der Waals surface area contributed by atoms with E-state index in [9.17, 15) is 4.21 Å². The molecule has 32 heavy (non-hydrogen) atoms. The van der Waals surface area contributed by atoms with Crippen LogP contribution in [0.4, 0.5) is 0 Å². The summed E-state index contributed by atoms with van der Waals surface area (Å²) in [6.07, 6.45) is 6.85. The summed E-state index contributed by atoms with van der Waals surface area (Å²) in [5, 5.41) is 1.98. The van der Waals surface area contributed by atoms with Gasteiger partial charge in [0.15, 0.2) is 0 Å². The SMILES string of the molecule is CS(C)=O.O.O.[Cl-].[Cl-].[Cl-].[Ir+3].c1ccc2nc3c4cccnc4c4ncccc4c3nc2c1. The van der Waals surface area contributed by atoms with Crippen LogP contribution >= 0.6 is 0 Å². The largest absolute Gasteiger partial charge is 3.00 e. The van der Waals surface area contributed by atoms with Gasteiger partial charge in [-0.1, -0.05) is 12.1 Å². The van der Waals surface area contributed by atoms with Crippen LogP contribution in [0.25, 0.3) is 43.9 Å². The van der Waals surface area contributed by atoms with Gasteiger partial charge >= 0.3 is 20.1 Å². The molecule has 12 heteroatoms. The Morgan fingerprint density at radius 2 is 0.969 bits per heavy atom. The molecule has 0 aliphatic rings. The molecule has 5 rings (SSSR count). The molecule has 5 aromatic rings. The minimum atomic E-state index is -0.611. The second kappa shape index (κ2) is 15.3. The number of halogens is 3. The first-order chi connectivity index (χ1) is 12.6. The van der Waals surface area contributed by atoms with Gasteiger partial charge in [-0.3, -0.25) is 14.2 Å². The van der Waals surface area contributed by atoms with Crippen LogP contribution in [0.15, 0.2) is 60.9 Å². The topological polar surface area (TPSA) is 132 Å². The molecule has 4 N–H and O–H groups in total. The van der Waals surface area contributed by atoms with Gasteiger partial charge in [-0.2, -0.15) is 0 Å². The smallest absolute Gasteiger partial charge is 1.00 e. The van der Waals surface area contributed by atoms with Crippen LogP contribution in [0.3, 0.4) is 0 Å². The van der Waals surface area contributed by atoms with Gasteiger partial charge in [0.2, 0.25) is 0 Å². The molecular weight excluding hydrogens is 675 g/mol. The molecule has 0 aliphatic heterocycles. The molecule has 0 fully saturated rings. The van der Waals surface area contributed by atoms with Gasteiger partial charge in [-0.15, -0.1) is 0 Å². The fourth-order valence-corrected chi connectivity index (χ4v) is 2.95. The minimum absolute atomic E-state index is 0. The molecular formula is C20H20Cl3IrN4O3S. The predicted octanol–water partition coefficient (Wildman–Crippen LogP) is -6.77. The van der Waals surface area contributed by atoms with Crippen molar-refractivity contribution in [3.05, 3.63) is 60.9 Å². The number of fused-ring (bicyclic) bond motifs is 7. The monoisotopic (exact) mass is 694 g/mol. The van der Waals surface area contributed by atoms with Crippen molar-refractivity contribution in [2.24, 2.45) is 0 Å². The first-order valence-corrected chi connectivity index (χ1v) is 10.0. The molecule has 174 valence electrons. The summed E-state index contributed by atoms with van der Waals surface area (Å²) >= 11 is 0. The van der Waals surface area contributed by atoms with E-state index < -0.39 is 10.8 Å². The molecule has 0 spiro atoms. The molecule has 0 saturated carbocycles. The normalized spacial score (nSPS) is 9.09. The van der Waals surface area contributed by atoms with Crippen molar-refractivity contribution >= 4 is 54.7 Å². The summed E-state index contributed by atoms with van der Waals surface area (Å²) in [4.78, 5) is 18.7. The fourth-order valence-electron chi connectivity index (χ4n) is 2.95. The molecule has 3 heterocycles. The number of pyridine rings is 2. The molecule has 0 unspecified atom stereocenters. The average Bonchev–Trinajstić information content (AvgIpc) is 2.66. The van der Waals surface area contributed by atoms with E-state index in [0.717, 1.165) is 43.9 Å². The standard InChI is InChI=1S/C18H10N4.C2H6OS.3ClH.Ir.2H2O/c1-2-8-14-13(7-1)21-17-11-5-3-9-19-15(11)16-12(18(17)22-14)6-4-10-20-16;1-4(2)3;;;;;;/h1-10H;1-2H3;3*1H;;2*1H2/q;;;;;+3;;/p-3. The molecule has 0 saturated heterocycles. The molecule has 2 aromatic carbocycles. The first-order valence-electron chi connectivity index (χ1n) is 8.08. The third-order valence-electron chi connectivity index (χ3n) is 3.92. The average molecular weight is 695 g/mol. The Hall–Kier alpha value is -1.55. The zero-order chi connectivity index (χ0) is 18.1. The molecule has 0 atom stereocenters. The number of aromatic nitrogens is 4. The van der Waals surface area contributed by atoms with Gasteiger partial charge < -0.3 is 48.2 Å². The zero-order valence-corrected chi connectivity index (χ0v) is 22.3. The van der Waals surface area contributed by atoms with Gasteiger partial charge in [-0.25, -0.2) is 9.97 Å². The Morgan fingerprint density at radius 1 is 0.625 bits per heavy atom. The zero-order valence-electron chi connectivity index (χ0n) is 16.8. The summed E-state index contributed by atoms with van der Waals surface area (Å²) in [5.74, 6) is 0. The molecule has 0 radical (unpaired) electrons. The van der Waals surface area contributed by atoms with Crippen LogP contribution in [-0.2, 0) is 30.9 Å². The first kappa shape index (κ1) is 35.0. The number of benzene rings is 2. The van der Waals surface area contributed by atoms with Crippen molar-refractivity contribution in [3.63, 3.8) is 0 Å². The summed E-state index contributed by atoms with van der Waals surface area (Å²) in [7, 11) is -0.611. The number of nitrogens with zero attached hydrogens (tertiary/aromatic N) is 4. The number of hydrogen-bond acceptors (Lipinski definition) is 5. The Balaban J connectivity index is -0.000000785. The van der Waals surface area contributed by atoms with Crippen LogP contribution < -0.4 is 37.2 Å². The van der Waals surface area contributed by atoms with Crippen LogP contribution in [0.2, 0.25) is 0 Å². The summed E-state index contributed by atoms with van der Waals surface area (Å²) in [6.45, 7) is 0. The third kappa shape index (κ3) is 6.97. The number of rotatable bonds is 0. The van der Waals surface area contributed by atoms with E-state index in [-0.39, 0.29) is 68.3 Å². The van der Waals surface area contributed by atoms with Gasteiger partial charge in [0.25, 0.3) is 0 Å². The van der Waals surface area contributed by atoms with E-state index in [1.807, 2.05) is 48.5 Å². The maximum absolute atomic E-state index is 9.56. The predicted molar refractivity (Wildman–Crippen MR) is 115 cm³/mol. The Morgan fingerprint density at radius 3 is 1.31 bits per heavy atom. The van der Waals surface area contributed by atoms with Gasteiger partial charge in [0, 0.05) is 46.5 Å². The van der Waals surface area contributed by atoms with Gasteiger partial charge in [0.05, 0.1) is 33.1 Å². The number of para-hydroxylation sites is 2. The van der Waals surface area contributed by atoms with Crippen LogP contribution in [-0.4, -0.2) is 47.6 Å². The van der Waals surface area contributed by atoms with E-state index in [1.54, 1.807) is 24.9 Å². The Labute approximate surface area is 219 Å². The molecule has 0 bridgehead atoms. The Kier molecular flexibility index (Phi) is 16.8. The minimum Gasteiger partial charge on any atom is -1.00 e. The molecule has 7 nitrogen and oxygen atoms in total. The van der Waals surface area contributed by atoms with Gasteiger partial charge in [-0.05, 0) is 36.4 Å². The summed E-state index contributed by atoms with van der Waals surface area (Å²) in [5.41, 5.74) is 5.28. The number of hydrogen-bond donors (Lipinski definition) is 0. The Bertz CT molecular complexity index is 1220. The van der Waals surface area contributed by atoms with Crippen molar-refractivity contribution < 1.29 is 72.5 Å². The molecule has 0 amide bonds. The van der Waals surface area contributed by atoms with E-state index in [2.05, 4.69) is 9.97 Å². The van der Waals surface area contributed by atoms with Crippen LogP contribution in [0, 0.1) is 0 Å². The van der Waals surface area contributed by atoms with E-state index in [4.69, 9.17) is 9.97 Å². The van der Waals surface area contributed by atoms with Crippen LogP contribution in [0.1, 0.15) is 0 Å². The molecule has 0 aliphatic carbocycles. The van der Waals surface area contributed by atoms with E-state index in [1.165, 1.54) is 0 Å². The second-order valence-electron chi connectivity index (χ2n) is 5.95. The van der Waals surface area contributed by atoms with Crippen molar-refractivity contribution in [1.82, 2.24) is 19.9 Å². The van der Waals surface area contributed by atoms with Crippen LogP contribution in [0.5, 0.6) is 0 Å². The summed E-state index contributed by atoms with van der Waals surface area (Å²) in [6, 6.07) is 15.8. The van der Waals surface area contributed by atoms with Gasteiger partial charge in [0.1, 0.15) is 0 Å². The fraction of sp³-hybridized carbons (Fsp3) is 0.100. The quantitative estimate of drug-likeness (QED) is 0.118. The van der Waals surface area contributed by atoms with Crippen molar-refractivity contribution in [3.8, 4) is 0 Å². The summed E-state index contributed by atoms with van der Waals surface area (Å²) < 4.78 is 9.56. The van der Waals surface area contributed by atoms with Crippen molar-refractivity contribution in [1.29, 1.82) is 0 Å². The maximum Gasteiger partial charge on any atom is 3.00 e. The second-order valence-corrected chi connectivity index (χ2v) is 7.43. The third-order valence-corrected chi connectivity index (χ3v) is 3.92. The van der Waals surface area contributed by atoms with E-state index >= 15 is 0 Å². The van der Waals surface area contributed by atoms with Crippen molar-refractivity contribution in [2.75, 3.05) is 12.5 Å². The van der Waals surface area contributed by atoms with E-state index in [0.29, 0.717) is 0 Å². The van der Waals surface area contributed by atoms with Crippen molar-refractivity contribution in [2.45, 2.75) is 0 Å². The maximum atomic E-state index is 9.56.